The Labute approximate surface area is 145 Å². The molecule has 0 saturated carbocycles. The van der Waals surface area contributed by atoms with Crippen LogP contribution in [0.2, 0.25) is 0 Å². The Hall–Kier alpha value is -2.40. The Morgan fingerprint density at radius 3 is 2.28 bits per heavy atom. The van der Waals surface area contributed by atoms with Crippen LogP contribution in [0.25, 0.3) is 21.8 Å². The van der Waals surface area contributed by atoms with Crippen molar-refractivity contribution >= 4 is 27.7 Å². The molecule has 1 fully saturated rings. The van der Waals surface area contributed by atoms with Gasteiger partial charge in [-0.05, 0) is 25.0 Å². The Bertz CT molecular complexity index is 867. The van der Waals surface area contributed by atoms with Crippen LogP contribution in [0, 0.1) is 0 Å². The first kappa shape index (κ1) is 16.1. The molecule has 1 aromatic heterocycles. The standard InChI is InChI=1S/C20H21FN2O2/c21-17-8-5-11-22(20(17)25)12-14(24)13-23-18-9-3-1-6-15(18)16-7-2-4-10-19(16)23/h1-4,6-7,9-10,14,17,24H,5,8,11-13H2. The van der Waals surface area contributed by atoms with E-state index in [4.69, 9.17) is 0 Å². The van der Waals surface area contributed by atoms with E-state index in [1.165, 1.54) is 4.90 Å². The van der Waals surface area contributed by atoms with Gasteiger partial charge in [-0.1, -0.05) is 36.4 Å². The fourth-order valence-electron chi connectivity index (χ4n) is 3.80. The summed E-state index contributed by atoms with van der Waals surface area (Å²) < 4.78 is 15.7. The number of carbonyl (C=O) groups is 1. The number of fused-ring (bicyclic) bond motifs is 3. The number of carbonyl (C=O) groups excluding carboxylic acids is 1. The Balaban J connectivity index is 1.62. The number of hydrogen-bond donors (Lipinski definition) is 1. The monoisotopic (exact) mass is 340 g/mol. The van der Waals surface area contributed by atoms with E-state index in [1.54, 1.807) is 0 Å². The number of rotatable bonds is 4. The highest BCUT2D eigenvalue weighted by atomic mass is 19.1. The third-order valence-electron chi connectivity index (χ3n) is 4.97. The van der Waals surface area contributed by atoms with Gasteiger partial charge in [0.25, 0.3) is 5.91 Å². The first-order chi connectivity index (χ1) is 12.1. The zero-order valence-corrected chi connectivity index (χ0v) is 13.9. The van der Waals surface area contributed by atoms with Gasteiger partial charge in [-0.3, -0.25) is 4.79 Å². The van der Waals surface area contributed by atoms with E-state index >= 15 is 0 Å². The number of alkyl halides is 1. The summed E-state index contributed by atoms with van der Waals surface area (Å²) in [5.41, 5.74) is 2.10. The SMILES string of the molecule is O=C1C(F)CCCN1CC(O)Cn1c2ccccc2c2ccccc21. The summed E-state index contributed by atoms with van der Waals surface area (Å²) in [5, 5.41) is 12.8. The van der Waals surface area contributed by atoms with Crippen LogP contribution in [0.4, 0.5) is 4.39 Å². The van der Waals surface area contributed by atoms with Crippen LogP contribution in [-0.4, -0.2) is 45.8 Å². The summed E-state index contributed by atoms with van der Waals surface area (Å²) in [7, 11) is 0. The zero-order valence-electron chi connectivity index (χ0n) is 13.9. The maximum atomic E-state index is 13.6. The van der Waals surface area contributed by atoms with Crippen LogP contribution >= 0.6 is 0 Å². The predicted octanol–water partition coefficient (Wildman–Crippen LogP) is 3.12. The van der Waals surface area contributed by atoms with E-state index in [2.05, 4.69) is 16.7 Å². The average molecular weight is 340 g/mol. The van der Waals surface area contributed by atoms with Crippen molar-refractivity contribution in [3.05, 3.63) is 48.5 Å². The second-order valence-corrected chi connectivity index (χ2v) is 6.69. The van der Waals surface area contributed by atoms with Gasteiger partial charge in [0.1, 0.15) is 0 Å². The molecule has 2 atom stereocenters. The molecule has 4 rings (SSSR count). The number of nitrogens with zero attached hydrogens (tertiary/aromatic N) is 2. The van der Waals surface area contributed by atoms with Gasteiger partial charge in [0.2, 0.25) is 0 Å². The molecule has 1 aliphatic rings. The predicted molar refractivity (Wildman–Crippen MR) is 96.2 cm³/mol. The molecular weight excluding hydrogens is 319 g/mol. The van der Waals surface area contributed by atoms with Crippen LogP contribution < -0.4 is 0 Å². The lowest BCUT2D eigenvalue weighted by molar-refractivity contribution is -0.141. The molecule has 1 N–H and O–H groups in total. The van der Waals surface area contributed by atoms with Crippen molar-refractivity contribution in [1.82, 2.24) is 9.47 Å². The minimum atomic E-state index is -1.42. The summed E-state index contributed by atoms with van der Waals surface area (Å²) in [6, 6.07) is 16.2. The van der Waals surface area contributed by atoms with E-state index in [0.29, 0.717) is 19.5 Å². The van der Waals surface area contributed by atoms with Crippen LogP contribution in [0.5, 0.6) is 0 Å². The lowest BCUT2D eigenvalue weighted by Gasteiger charge is -2.30. The summed E-state index contributed by atoms with van der Waals surface area (Å²) in [6.45, 7) is 1.05. The van der Waals surface area contributed by atoms with Crippen molar-refractivity contribution in [2.45, 2.75) is 31.7 Å². The summed E-state index contributed by atoms with van der Waals surface area (Å²) in [4.78, 5) is 13.4. The number of aliphatic hydroxyl groups is 1. The Morgan fingerprint density at radius 1 is 1.04 bits per heavy atom. The molecule has 0 aliphatic carbocycles. The van der Waals surface area contributed by atoms with Gasteiger partial charge >= 0.3 is 0 Å². The van der Waals surface area contributed by atoms with Crippen molar-refractivity contribution in [2.75, 3.05) is 13.1 Å². The third kappa shape index (κ3) is 2.89. The first-order valence-electron chi connectivity index (χ1n) is 8.72. The van der Waals surface area contributed by atoms with Gasteiger partial charge in [0.15, 0.2) is 6.17 Å². The fraction of sp³-hybridized carbons (Fsp3) is 0.350. The third-order valence-corrected chi connectivity index (χ3v) is 4.97. The molecule has 5 heteroatoms. The molecule has 0 bridgehead atoms. The number of amides is 1. The van der Waals surface area contributed by atoms with E-state index in [-0.39, 0.29) is 13.0 Å². The molecular formula is C20H21FN2O2. The van der Waals surface area contributed by atoms with E-state index in [9.17, 15) is 14.3 Å². The summed E-state index contributed by atoms with van der Waals surface area (Å²) in [6.07, 6.45) is -1.23. The van der Waals surface area contributed by atoms with Gasteiger partial charge in [-0.15, -0.1) is 0 Å². The highest BCUT2D eigenvalue weighted by Crippen LogP contribution is 2.29. The average Bonchev–Trinajstić information content (AvgIpc) is 2.94. The molecule has 4 nitrogen and oxygen atoms in total. The smallest absolute Gasteiger partial charge is 0.257 e. The van der Waals surface area contributed by atoms with Crippen molar-refractivity contribution in [3.63, 3.8) is 0 Å². The molecule has 1 saturated heterocycles. The number of aliphatic hydroxyl groups excluding tert-OH is 1. The summed E-state index contributed by atoms with van der Waals surface area (Å²) >= 11 is 0. The minimum absolute atomic E-state index is 0.167. The minimum Gasteiger partial charge on any atom is -0.389 e. The maximum absolute atomic E-state index is 13.6. The molecule has 0 spiro atoms. The van der Waals surface area contributed by atoms with Crippen LogP contribution in [0.1, 0.15) is 12.8 Å². The molecule has 1 amide bonds. The second-order valence-electron chi connectivity index (χ2n) is 6.69. The topological polar surface area (TPSA) is 45.5 Å². The molecule has 1 aliphatic heterocycles. The Kier molecular flexibility index (Phi) is 4.17. The van der Waals surface area contributed by atoms with Gasteiger partial charge in [-0.25, -0.2) is 4.39 Å². The molecule has 25 heavy (non-hydrogen) atoms. The van der Waals surface area contributed by atoms with Crippen LogP contribution in [0.3, 0.4) is 0 Å². The lowest BCUT2D eigenvalue weighted by atomic mass is 10.1. The van der Waals surface area contributed by atoms with Gasteiger partial charge in [0.05, 0.1) is 12.6 Å². The zero-order chi connectivity index (χ0) is 17.4. The van der Waals surface area contributed by atoms with Crippen molar-refractivity contribution in [1.29, 1.82) is 0 Å². The maximum Gasteiger partial charge on any atom is 0.257 e. The number of hydrogen-bond acceptors (Lipinski definition) is 2. The number of piperidine rings is 1. The number of β-amino-alcohol motifs (C(OH)–C–C–N with tert-alkyl or cyclic N) is 1. The molecule has 2 unspecified atom stereocenters. The number of benzene rings is 2. The molecule has 3 aromatic rings. The molecule has 130 valence electrons. The highest BCUT2D eigenvalue weighted by Gasteiger charge is 2.29. The second kappa shape index (κ2) is 6.48. The van der Waals surface area contributed by atoms with Gasteiger partial charge in [0, 0.05) is 34.9 Å². The highest BCUT2D eigenvalue weighted by molar-refractivity contribution is 6.07. The largest absolute Gasteiger partial charge is 0.389 e. The molecule has 2 heterocycles. The van der Waals surface area contributed by atoms with Gasteiger partial charge in [-0.2, -0.15) is 0 Å². The lowest BCUT2D eigenvalue weighted by Crippen LogP contribution is -2.46. The van der Waals surface area contributed by atoms with Crippen LogP contribution in [-0.2, 0) is 11.3 Å². The fourth-order valence-corrected chi connectivity index (χ4v) is 3.80. The van der Waals surface area contributed by atoms with E-state index in [1.807, 2.05) is 36.4 Å². The molecule has 2 aromatic carbocycles. The first-order valence-corrected chi connectivity index (χ1v) is 8.72. The van der Waals surface area contributed by atoms with E-state index < -0.39 is 18.2 Å². The van der Waals surface area contributed by atoms with Crippen molar-refractivity contribution in [3.8, 4) is 0 Å². The quantitative estimate of drug-likeness (QED) is 0.793. The number of likely N-dealkylation sites (tertiary alicyclic amines) is 1. The number of halogens is 1. The number of aromatic nitrogens is 1. The normalized spacial score (nSPS) is 19.7. The molecule has 0 radical (unpaired) electrons. The van der Waals surface area contributed by atoms with Crippen molar-refractivity contribution < 1.29 is 14.3 Å². The summed E-state index contributed by atoms with van der Waals surface area (Å²) in [5.74, 6) is -0.493. The van der Waals surface area contributed by atoms with Crippen molar-refractivity contribution in [2.24, 2.45) is 0 Å². The Morgan fingerprint density at radius 2 is 1.64 bits per heavy atom. The number of para-hydroxylation sites is 2. The van der Waals surface area contributed by atoms with E-state index in [0.717, 1.165) is 21.8 Å². The van der Waals surface area contributed by atoms with Gasteiger partial charge < -0.3 is 14.6 Å². The van der Waals surface area contributed by atoms with Crippen LogP contribution in [0.15, 0.2) is 48.5 Å².